The lowest BCUT2D eigenvalue weighted by atomic mass is 9.90. The summed E-state index contributed by atoms with van der Waals surface area (Å²) in [6.45, 7) is 4.87. The Labute approximate surface area is 118 Å². The molecular formula is C15H20N2O3. The third-order valence-electron chi connectivity index (χ3n) is 3.75. The van der Waals surface area contributed by atoms with Crippen molar-refractivity contribution in [1.82, 2.24) is 9.88 Å². The Morgan fingerprint density at radius 1 is 1.45 bits per heavy atom. The van der Waals surface area contributed by atoms with E-state index in [-0.39, 0.29) is 18.4 Å². The van der Waals surface area contributed by atoms with E-state index in [1.807, 2.05) is 19.9 Å². The van der Waals surface area contributed by atoms with E-state index in [1.165, 1.54) is 0 Å². The molecular weight excluding hydrogens is 256 g/mol. The summed E-state index contributed by atoms with van der Waals surface area (Å²) in [6.07, 6.45) is 3.10. The van der Waals surface area contributed by atoms with E-state index in [4.69, 9.17) is 5.11 Å². The number of aryl methyl sites for hydroxylation is 1. The van der Waals surface area contributed by atoms with Gasteiger partial charge >= 0.3 is 5.97 Å². The summed E-state index contributed by atoms with van der Waals surface area (Å²) in [5, 5.41) is 9.15. The smallest absolute Gasteiger partial charge is 0.308 e. The van der Waals surface area contributed by atoms with Crippen molar-refractivity contribution in [3.05, 3.63) is 29.6 Å². The van der Waals surface area contributed by atoms with Crippen LogP contribution in [0.3, 0.4) is 0 Å². The quantitative estimate of drug-likeness (QED) is 0.914. The molecule has 0 aliphatic carbocycles. The standard InChI is InChI=1S/C15H20N2O3/c1-3-11-4-5-16-13(7-11)14(18)17-8-10(2)6-12(9-17)15(19)20/h4-5,7,10,12H,3,6,8-9H2,1-2H3,(H,19,20). The monoisotopic (exact) mass is 276 g/mol. The van der Waals surface area contributed by atoms with Gasteiger partial charge in [0.2, 0.25) is 0 Å². The second-order valence-corrected chi connectivity index (χ2v) is 5.49. The van der Waals surface area contributed by atoms with Gasteiger partial charge in [-0.1, -0.05) is 13.8 Å². The number of hydrogen-bond donors (Lipinski definition) is 1. The Balaban J connectivity index is 2.16. The highest BCUT2D eigenvalue weighted by Gasteiger charge is 2.32. The predicted octanol–water partition coefficient (Wildman–Crippen LogP) is 1.83. The first kappa shape index (κ1) is 14.5. The molecule has 20 heavy (non-hydrogen) atoms. The third kappa shape index (κ3) is 3.15. The van der Waals surface area contributed by atoms with E-state index in [2.05, 4.69) is 4.98 Å². The second-order valence-electron chi connectivity index (χ2n) is 5.49. The number of carbonyl (C=O) groups excluding carboxylic acids is 1. The Morgan fingerprint density at radius 2 is 2.20 bits per heavy atom. The fourth-order valence-corrected chi connectivity index (χ4v) is 2.67. The molecule has 0 spiro atoms. The number of amides is 1. The third-order valence-corrected chi connectivity index (χ3v) is 3.75. The molecule has 1 aliphatic rings. The summed E-state index contributed by atoms with van der Waals surface area (Å²) >= 11 is 0. The van der Waals surface area contributed by atoms with Gasteiger partial charge in [0, 0.05) is 19.3 Å². The van der Waals surface area contributed by atoms with Gasteiger partial charge in [-0.25, -0.2) is 0 Å². The van der Waals surface area contributed by atoms with Crippen molar-refractivity contribution in [3.63, 3.8) is 0 Å². The second kappa shape index (κ2) is 6.03. The Hall–Kier alpha value is -1.91. The molecule has 1 aliphatic heterocycles. The number of hydrogen-bond acceptors (Lipinski definition) is 3. The maximum absolute atomic E-state index is 12.5. The first-order valence-corrected chi connectivity index (χ1v) is 6.98. The van der Waals surface area contributed by atoms with Crippen LogP contribution < -0.4 is 0 Å². The zero-order valence-corrected chi connectivity index (χ0v) is 11.9. The molecule has 0 bridgehead atoms. The number of nitrogens with zero attached hydrogens (tertiary/aromatic N) is 2. The van der Waals surface area contributed by atoms with Crippen LogP contribution in [-0.2, 0) is 11.2 Å². The summed E-state index contributed by atoms with van der Waals surface area (Å²) in [6, 6.07) is 3.67. The van der Waals surface area contributed by atoms with Gasteiger partial charge in [-0.05, 0) is 36.5 Å². The van der Waals surface area contributed by atoms with Crippen LogP contribution in [0.4, 0.5) is 0 Å². The van der Waals surface area contributed by atoms with Gasteiger partial charge < -0.3 is 10.0 Å². The van der Waals surface area contributed by atoms with E-state index in [9.17, 15) is 9.59 Å². The minimum atomic E-state index is -0.829. The minimum Gasteiger partial charge on any atom is -0.481 e. The van der Waals surface area contributed by atoms with Crippen molar-refractivity contribution in [3.8, 4) is 0 Å². The SMILES string of the molecule is CCc1ccnc(C(=O)N2CC(C)CC(C(=O)O)C2)c1. The number of piperidine rings is 1. The molecule has 0 aromatic carbocycles. The first-order chi connectivity index (χ1) is 9.51. The van der Waals surface area contributed by atoms with Crippen LogP contribution in [-0.4, -0.2) is 40.0 Å². The molecule has 1 amide bonds. The fourth-order valence-electron chi connectivity index (χ4n) is 2.67. The molecule has 1 fully saturated rings. The molecule has 108 valence electrons. The number of carboxylic acid groups (broad SMARTS) is 1. The van der Waals surface area contributed by atoms with Gasteiger partial charge in [-0.2, -0.15) is 0 Å². The van der Waals surface area contributed by atoms with Crippen LogP contribution in [0.5, 0.6) is 0 Å². The summed E-state index contributed by atoms with van der Waals surface area (Å²) in [4.78, 5) is 29.3. The van der Waals surface area contributed by atoms with Crippen LogP contribution in [0.2, 0.25) is 0 Å². The van der Waals surface area contributed by atoms with Gasteiger partial charge in [-0.15, -0.1) is 0 Å². The maximum atomic E-state index is 12.5. The highest BCUT2D eigenvalue weighted by Crippen LogP contribution is 2.23. The van der Waals surface area contributed by atoms with Crippen molar-refractivity contribution in [1.29, 1.82) is 0 Å². The molecule has 1 saturated heterocycles. The van der Waals surface area contributed by atoms with Crippen LogP contribution in [0.15, 0.2) is 18.3 Å². The molecule has 5 nitrogen and oxygen atoms in total. The van der Waals surface area contributed by atoms with Gasteiger partial charge in [0.05, 0.1) is 5.92 Å². The maximum Gasteiger partial charge on any atom is 0.308 e. The molecule has 1 aromatic rings. The number of carbonyl (C=O) groups is 2. The Morgan fingerprint density at radius 3 is 2.85 bits per heavy atom. The Bertz CT molecular complexity index is 516. The van der Waals surface area contributed by atoms with Crippen molar-refractivity contribution in [2.45, 2.75) is 26.7 Å². The summed E-state index contributed by atoms with van der Waals surface area (Å²) < 4.78 is 0. The van der Waals surface area contributed by atoms with E-state index < -0.39 is 11.9 Å². The number of aromatic nitrogens is 1. The van der Waals surface area contributed by atoms with Gasteiger partial charge in [0.25, 0.3) is 5.91 Å². The number of likely N-dealkylation sites (tertiary alicyclic amines) is 1. The lowest BCUT2D eigenvalue weighted by Gasteiger charge is -2.34. The van der Waals surface area contributed by atoms with Crippen LogP contribution in [0.1, 0.15) is 36.3 Å². The summed E-state index contributed by atoms with van der Waals surface area (Å²) in [5.74, 6) is -1.28. The highest BCUT2D eigenvalue weighted by atomic mass is 16.4. The molecule has 0 radical (unpaired) electrons. The van der Waals surface area contributed by atoms with Gasteiger partial charge in [0.15, 0.2) is 0 Å². The van der Waals surface area contributed by atoms with E-state index >= 15 is 0 Å². The molecule has 5 heteroatoms. The molecule has 2 heterocycles. The van der Waals surface area contributed by atoms with E-state index in [1.54, 1.807) is 17.2 Å². The fraction of sp³-hybridized carbons (Fsp3) is 0.533. The Kier molecular flexibility index (Phi) is 4.37. The minimum absolute atomic E-state index is 0.168. The van der Waals surface area contributed by atoms with Crippen molar-refractivity contribution >= 4 is 11.9 Å². The molecule has 1 aromatic heterocycles. The van der Waals surface area contributed by atoms with Crippen LogP contribution in [0, 0.1) is 11.8 Å². The molecule has 2 rings (SSSR count). The van der Waals surface area contributed by atoms with Crippen molar-refractivity contribution < 1.29 is 14.7 Å². The molecule has 2 atom stereocenters. The zero-order valence-electron chi connectivity index (χ0n) is 11.9. The zero-order chi connectivity index (χ0) is 14.7. The number of pyridine rings is 1. The average molecular weight is 276 g/mol. The highest BCUT2D eigenvalue weighted by molar-refractivity contribution is 5.92. The van der Waals surface area contributed by atoms with E-state index in [0.29, 0.717) is 18.7 Å². The van der Waals surface area contributed by atoms with E-state index in [0.717, 1.165) is 12.0 Å². The van der Waals surface area contributed by atoms with Crippen molar-refractivity contribution in [2.75, 3.05) is 13.1 Å². The number of carboxylic acids is 1. The van der Waals surface area contributed by atoms with Gasteiger partial charge in [0.1, 0.15) is 5.69 Å². The van der Waals surface area contributed by atoms with Gasteiger partial charge in [-0.3, -0.25) is 14.6 Å². The number of aliphatic carboxylic acids is 1. The molecule has 1 N–H and O–H groups in total. The summed E-state index contributed by atoms with van der Waals surface area (Å²) in [7, 11) is 0. The first-order valence-electron chi connectivity index (χ1n) is 6.98. The summed E-state index contributed by atoms with van der Waals surface area (Å²) in [5.41, 5.74) is 1.46. The lowest BCUT2D eigenvalue weighted by Crippen LogP contribution is -2.45. The number of rotatable bonds is 3. The van der Waals surface area contributed by atoms with Crippen LogP contribution >= 0.6 is 0 Å². The lowest BCUT2D eigenvalue weighted by molar-refractivity contribution is -0.143. The average Bonchev–Trinajstić information content (AvgIpc) is 2.45. The largest absolute Gasteiger partial charge is 0.481 e. The molecule has 2 unspecified atom stereocenters. The van der Waals surface area contributed by atoms with Crippen LogP contribution in [0.25, 0.3) is 0 Å². The molecule has 0 saturated carbocycles. The topological polar surface area (TPSA) is 70.5 Å². The van der Waals surface area contributed by atoms with Crippen molar-refractivity contribution in [2.24, 2.45) is 11.8 Å². The normalized spacial score (nSPS) is 22.6. The predicted molar refractivity (Wildman–Crippen MR) is 74.4 cm³/mol.